The van der Waals surface area contributed by atoms with Gasteiger partial charge in [-0.25, -0.2) is 0 Å². The molecule has 0 saturated carbocycles. The van der Waals surface area contributed by atoms with Crippen LogP contribution in [0.1, 0.15) is 22.7 Å². The Morgan fingerprint density at radius 3 is 2.41 bits per heavy atom. The van der Waals surface area contributed by atoms with Crippen LogP contribution >= 0.6 is 12.4 Å². The number of benzene rings is 1. The van der Waals surface area contributed by atoms with Gasteiger partial charge in [0.2, 0.25) is 5.91 Å². The minimum atomic E-state index is -0.748. The molecule has 1 heterocycles. The zero-order valence-electron chi connectivity index (χ0n) is 12.8. The van der Waals surface area contributed by atoms with E-state index in [1.54, 1.807) is 20.2 Å². The molecule has 0 aliphatic rings. The molecule has 2 rings (SSSR count). The summed E-state index contributed by atoms with van der Waals surface area (Å²) in [6.45, 7) is 3.75. The lowest BCUT2D eigenvalue weighted by molar-refractivity contribution is -0.117. The fourth-order valence-corrected chi connectivity index (χ4v) is 1.99. The van der Waals surface area contributed by atoms with Crippen LogP contribution in [0.4, 0.5) is 5.69 Å². The van der Waals surface area contributed by atoms with E-state index in [1.807, 2.05) is 31.2 Å². The molecule has 5 nitrogen and oxygen atoms in total. The number of carbonyl (C=O) groups is 1. The number of anilines is 1. The van der Waals surface area contributed by atoms with Gasteiger partial charge in [0.25, 0.3) is 5.56 Å². The van der Waals surface area contributed by atoms with E-state index >= 15 is 0 Å². The molecule has 0 spiro atoms. The van der Waals surface area contributed by atoms with Crippen molar-refractivity contribution in [2.45, 2.75) is 19.9 Å². The number of nitrogens with one attached hydrogen (secondary N) is 1. The van der Waals surface area contributed by atoms with Crippen LogP contribution in [0.3, 0.4) is 0 Å². The lowest BCUT2D eigenvalue weighted by Gasteiger charge is -2.15. The molecular weight excluding hydrogens is 302 g/mol. The molecule has 2 aromatic rings. The van der Waals surface area contributed by atoms with Gasteiger partial charge in [-0.05, 0) is 25.0 Å². The Bertz CT molecular complexity index is 723. The highest BCUT2D eigenvalue weighted by molar-refractivity contribution is 5.95. The number of rotatable bonds is 3. The number of nitrogens with zero attached hydrogens (tertiary/aromatic N) is 1. The number of halogens is 1. The fourth-order valence-electron chi connectivity index (χ4n) is 1.99. The second kappa shape index (κ2) is 7.24. The quantitative estimate of drug-likeness (QED) is 0.908. The molecule has 6 heteroatoms. The van der Waals surface area contributed by atoms with E-state index in [1.165, 1.54) is 10.6 Å². The van der Waals surface area contributed by atoms with E-state index in [9.17, 15) is 9.59 Å². The first-order chi connectivity index (χ1) is 9.88. The summed E-state index contributed by atoms with van der Waals surface area (Å²) in [7, 11) is 1.64. The SMILES string of the molecule is Cc1ccc(C(N)C(=O)Nc2cn(C)c(=O)cc2C)cc1.Cl. The van der Waals surface area contributed by atoms with Crippen LogP contribution in [0.15, 0.2) is 41.3 Å². The van der Waals surface area contributed by atoms with Gasteiger partial charge in [0.15, 0.2) is 0 Å². The summed E-state index contributed by atoms with van der Waals surface area (Å²) in [4.78, 5) is 23.7. The number of pyridine rings is 1. The lowest BCUT2D eigenvalue weighted by atomic mass is 10.1. The van der Waals surface area contributed by atoms with Crippen LogP contribution in [0.5, 0.6) is 0 Å². The van der Waals surface area contributed by atoms with Crippen molar-refractivity contribution in [2.24, 2.45) is 12.8 Å². The van der Waals surface area contributed by atoms with Crippen LogP contribution < -0.4 is 16.6 Å². The maximum atomic E-state index is 12.2. The molecule has 22 heavy (non-hydrogen) atoms. The van der Waals surface area contributed by atoms with E-state index in [-0.39, 0.29) is 23.9 Å². The Balaban J connectivity index is 0.00000242. The molecule has 1 amide bonds. The van der Waals surface area contributed by atoms with Gasteiger partial charge in [-0.1, -0.05) is 29.8 Å². The zero-order valence-corrected chi connectivity index (χ0v) is 13.6. The largest absolute Gasteiger partial charge is 0.323 e. The van der Waals surface area contributed by atoms with Gasteiger partial charge < -0.3 is 15.6 Å². The van der Waals surface area contributed by atoms with Gasteiger partial charge in [-0.2, -0.15) is 0 Å². The van der Waals surface area contributed by atoms with Gasteiger partial charge in [0.05, 0.1) is 5.69 Å². The van der Waals surface area contributed by atoms with Crippen LogP contribution in [-0.4, -0.2) is 10.5 Å². The van der Waals surface area contributed by atoms with Crippen molar-refractivity contribution < 1.29 is 4.79 Å². The van der Waals surface area contributed by atoms with Crippen molar-refractivity contribution in [3.05, 3.63) is 63.6 Å². The number of hydrogen-bond donors (Lipinski definition) is 2. The monoisotopic (exact) mass is 321 g/mol. The van der Waals surface area contributed by atoms with Gasteiger partial charge in [0.1, 0.15) is 6.04 Å². The number of aryl methyl sites for hydroxylation is 3. The summed E-state index contributed by atoms with van der Waals surface area (Å²) in [6.07, 6.45) is 1.59. The summed E-state index contributed by atoms with van der Waals surface area (Å²) in [5.41, 5.74) is 9.02. The molecular formula is C16H20ClN3O2. The standard InChI is InChI=1S/C16H19N3O2.ClH/c1-10-4-6-12(7-5-10)15(17)16(21)18-13-9-19(3)14(20)8-11(13)2;/h4-9,15H,17H2,1-3H3,(H,18,21);1H. The minimum Gasteiger partial charge on any atom is -0.323 e. The first-order valence-corrected chi connectivity index (χ1v) is 6.69. The summed E-state index contributed by atoms with van der Waals surface area (Å²) in [5.74, 6) is -0.305. The Morgan fingerprint density at radius 2 is 1.82 bits per heavy atom. The summed E-state index contributed by atoms with van der Waals surface area (Å²) in [6, 6.07) is 8.25. The molecule has 0 aliphatic heterocycles. The van der Waals surface area contributed by atoms with E-state index in [4.69, 9.17) is 5.73 Å². The minimum absolute atomic E-state index is 0. The number of carbonyl (C=O) groups excluding carboxylic acids is 1. The maximum absolute atomic E-state index is 12.2. The van der Waals surface area contributed by atoms with Crippen molar-refractivity contribution in [3.8, 4) is 0 Å². The van der Waals surface area contributed by atoms with Crippen LogP contribution in [0.25, 0.3) is 0 Å². The van der Waals surface area contributed by atoms with Gasteiger partial charge in [-0.3, -0.25) is 9.59 Å². The molecule has 1 unspecified atom stereocenters. The number of amides is 1. The Hall–Kier alpha value is -2.11. The van der Waals surface area contributed by atoms with Gasteiger partial charge in [-0.15, -0.1) is 12.4 Å². The third-order valence-electron chi connectivity index (χ3n) is 3.41. The zero-order chi connectivity index (χ0) is 15.6. The lowest BCUT2D eigenvalue weighted by Crippen LogP contribution is -2.29. The van der Waals surface area contributed by atoms with Crippen molar-refractivity contribution >= 4 is 24.0 Å². The Labute approximate surface area is 135 Å². The van der Waals surface area contributed by atoms with Crippen LogP contribution in [0.2, 0.25) is 0 Å². The fraction of sp³-hybridized carbons (Fsp3) is 0.250. The number of nitrogens with two attached hydrogens (primary N) is 1. The van der Waals surface area contributed by atoms with Gasteiger partial charge >= 0.3 is 0 Å². The van der Waals surface area contributed by atoms with E-state index in [0.29, 0.717) is 11.3 Å². The van der Waals surface area contributed by atoms with Crippen LogP contribution in [0, 0.1) is 13.8 Å². The van der Waals surface area contributed by atoms with E-state index in [2.05, 4.69) is 5.32 Å². The van der Waals surface area contributed by atoms with Crippen molar-refractivity contribution in [2.75, 3.05) is 5.32 Å². The van der Waals surface area contributed by atoms with Crippen LogP contribution in [-0.2, 0) is 11.8 Å². The highest BCUT2D eigenvalue weighted by Crippen LogP contribution is 2.16. The second-order valence-corrected chi connectivity index (χ2v) is 5.20. The molecule has 1 aromatic carbocycles. The number of aromatic nitrogens is 1. The predicted octanol–water partition coefficient (Wildman–Crippen LogP) is 2.06. The first kappa shape index (κ1) is 17.9. The molecule has 0 fully saturated rings. The first-order valence-electron chi connectivity index (χ1n) is 6.69. The van der Waals surface area contributed by atoms with Crippen molar-refractivity contribution in [1.29, 1.82) is 0 Å². The Morgan fingerprint density at radius 1 is 1.23 bits per heavy atom. The van der Waals surface area contributed by atoms with Crippen molar-refractivity contribution in [1.82, 2.24) is 4.57 Å². The summed E-state index contributed by atoms with van der Waals surface area (Å²) in [5, 5.41) is 2.77. The maximum Gasteiger partial charge on any atom is 0.250 e. The third-order valence-corrected chi connectivity index (χ3v) is 3.41. The molecule has 0 aliphatic carbocycles. The molecule has 118 valence electrons. The molecule has 1 aromatic heterocycles. The highest BCUT2D eigenvalue weighted by Gasteiger charge is 2.16. The summed E-state index contributed by atoms with van der Waals surface area (Å²) >= 11 is 0. The molecule has 1 atom stereocenters. The Kier molecular flexibility index (Phi) is 5.91. The average Bonchev–Trinajstić information content (AvgIpc) is 2.44. The normalized spacial score (nSPS) is 11.5. The average molecular weight is 322 g/mol. The van der Waals surface area contributed by atoms with E-state index < -0.39 is 6.04 Å². The smallest absolute Gasteiger partial charge is 0.250 e. The predicted molar refractivity (Wildman–Crippen MR) is 90.4 cm³/mol. The molecule has 0 radical (unpaired) electrons. The third kappa shape index (κ3) is 3.96. The molecule has 0 bridgehead atoms. The summed E-state index contributed by atoms with van der Waals surface area (Å²) < 4.78 is 1.42. The van der Waals surface area contributed by atoms with Gasteiger partial charge in [0, 0.05) is 19.3 Å². The number of hydrogen-bond acceptors (Lipinski definition) is 3. The van der Waals surface area contributed by atoms with E-state index in [0.717, 1.165) is 11.1 Å². The molecule has 3 N–H and O–H groups in total. The highest BCUT2D eigenvalue weighted by atomic mass is 35.5. The molecule has 0 saturated heterocycles. The topological polar surface area (TPSA) is 77.1 Å². The van der Waals surface area contributed by atoms with Crippen molar-refractivity contribution in [3.63, 3.8) is 0 Å². The second-order valence-electron chi connectivity index (χ2n) is 5.20.